The molecule has 100 valence electrons. The molecule has 0 spiro atoms. The summed E-state index contributed by atoms with van der Waals surface area (Å²) in [5.74, 6) is 2.06. The summed E-state index contributed by atoms with van der Waals surface area (Å²) in [6.45, 7) is 3.59. The maximum absolute atomic E-state index is 5.66. The number of hydrogen-bond donors (Lipinski definition) is 0. The van der Waals surface area contributed by atoms with Crippen LogP contribution in [0.4, 0.5) is 0 Å². The average molecular weight is 270 g/mol. The third-order valence-electron chi connectivity index (χ3n) is 2.92. The van der Waals surface area contributed by atoms with E-state index >= 15 is 0 Å². The SMILES string of the molecule is CC1=COC(c2nc3cc4oc(C)nc4cc3o2)=CO1. The predicted octanol–water partition coefficient (Wildman–Crippen LogP) is 3.48. The second-order valence-electron chi connectivity index (χ2n) is 4.49. The molecular formula is C14H10N2O4. The van der Waals surface area contributed by atoms with Crippen molar-refractivity contribution in [2.75, 3.05) is 0 Å². The molecular weight excluding hydrogens is 260 g/mol. The molecule has 1 aliphatic heterocycles. The molecule has 1 aromatic carbocycles. The van der Waals surface area contributed by atoms with Gasteiger partial charge in [-0.3, -0.25) is 0 Å². The van der Waals surface area contributed by atoms with E-state index in [4.69, 9.17) is 18.3 Å². The van der Waals surface area contributed by atoms with Crippen LogP contribution in [0, 0.1) is 6.92 Å². The van der Waals surface area contributed by atoms with Crippen molar-refractivity contribution < 1.29 is 18.3 Å². The van der Waals surface area contributed by atoms with Crippen LogP contribution in [0.15, 0.2) is 39.3 Å². The Bertz CT molecular complexity index is 834. The van der Waals surface area contributed by atoms with Gasteiger partial charge in [0.05, 0.1) is 0 Å². The molecule has 3 heterocycles. The maximum Gasteiger partial charge on any atom is 0.267 e. The Morgan fingerprint density at radius 1 is 0.850 bits per heavy atom. The summed E-state index contributed by atoms with van der Waals surface area (Å²) >= 11 is 0. The van der Waals surface area contributed by atoms with E-state index in [9.17, 15) is 0 Å². The van der Waals surface area contributed by atoms with Crippen molar-refractivity contribution in [1.82, 2.24) is 9.97 Å². The van der Waals surface area contributed by atoms with Crippen molar-refractivity contribution in [2.24, 2.45) is 0 Å². The van der Waals surface area contributed by atoms with Crippen LogP contribution in [0.5, 0.6) is 0 Å². The Balaban J connectivity index is 1.83. The minimum Gasteiger partial charge on any atom is -0.462 e. The second kappa shape index (κ2) is 3.86. The molecule has 0 amide bonds. The van der Waals surface area contributed by atoms with E-state index in [1.54, 1.807) is 26.0 Å². The molecule has 0 aliphatic carbocycles. The largest absolute Gasteiger partial charge is 0.462 e. The van der Waals surface area contributed by atoms with Crippen molar-refractivity contribution >= 4 is 28.0 Å². The molecule has 6 heteroatoms. The molecule has 3 aromatic rings. The Morgan fingerprint density at radius 2 is 1.60 bits per heavy atom. The first-order valence-electron chi connectivity index (χ1n) is 6.07. The fraction of sp³-hybridized carbons (Fsp3) is 0.143. The zero-order valence-corrected chi connectivity index (χ0v) is 10.8. The predicted molar refractivity (Wildman–Crippen MR) is 70.2 cm³/mol. The Labute approximate surface area is 113 Å². The number of allylic oxidation sites excluding steroid dienone is 1. The van der Waals surface area contributed by atoms with E-state index in [-0.39, 0.29) is 0 Å². The topological polar surface area (TPSA) is 70.5 Å². The van der Waals surface area contributed by atoms with Gasteiger partial charge >= 0.3 is 0 Å². The van der Waals surface area contributed by atoms with Gasteiger partial charge in [0.25, 0.3) is 5.89 Å². The first-order valence-corrected chi connectivity index (χ1v) is 6.07. The van der Waals surface area contributed by atoms with Gasteiger partial charge in [-0.25, -0.2) is 9.97 Å². The van der Waals surface area contributed by atoms with Crippen LogP contribution in [-0.2, 0) is 9.47 Å². The smallest absolute Gasteiger partial charge is 0.267 e. The second-order valence-corrected chi connectivity index (χ2v) is 4.49. The van der Waals surface area contributed by atoms with E-state index in [0.29, 0.717) is 40.0 Å². The quantitative estimate of drug-likeness (QED) is 0.674. The molecule has 0 atom stereocenters. The van der Waals surface area contributed by atoms with Crippen molar-refractivity contribution in [3.63, 3.8) is 0 Å². The normalized spacial score (nSPS) is 14.9. The lowest BCUT2D eigenvalue weighted by Gasteiger charge is -2.09. The minimum absolute atomic E-state index is 0.355. The summed E-state index contributed by atoms with van der Waals surface area (Å²) in [5.41, 5.74) is 2.72. The zero-order valence-electron chi connectivity index (χ0n) is 10.8. The molecule has 20 heavy (non-hydrogen) atoms. The Kier molecular flexibility index (Phi) is 2.14. The van der Waals surface area contributed by atoms with E-state index in [0.717, 1.165) is 5.52 Å². The third kappa shape index (κ3) is 1.65. The molecule has 2 aromatic heterocycles. The molecule has 1 aliphatic rings. The zero-order chi connectivity index (χ0) is 13.7. The van der Waals surface area contributed by atoms with Gasteiger partial charge in [-0.1, -0.05) is 0 Å². The van der Waals surface area contributed by atoms with Crippen LogP contribution in [0.3, 0.4) is 0 Å². The molecule has 0 fully saturated rings. The van der Waals surface area contributed by atoms with Gasteiger partial charge < -0.3 is 18.3 Å². The van der Waals surface area contributed by atoms with Gasteiger partial charge in [0.1, 0.15) is 29.3 Å². The number of oxazole rings is 2. The lowest BCUT2D eigenvalue weighted by atomic mass is 10.3. The van der Waals surface area contributed by atoms with E-state index in [1.807, 2.05) is 0 Å². The molecule has 0 bridgehead atoms. The summed E-state index contributed by atoms with van der Waals surface area (Å²) in [4.78, 5) is 8.62. The van der Waals surface area contributed by atoms with Crippen LogP contribution in [0.2, 0.25) is 0 Å². The lowest BCUT2D eigenvalue weighted by Crippen LogP contribution is -1.95. The molecule has 4 rings (SSSR count). The van der Waals surface area contributed by atoms with Gasteiger partial charge in [0.15, 0.2) is 17.1 Å². The van der Waals surface area contributed by atoms with Crippen molar-refractivity contribution in [3.05, 3.63) is 42.2 Å². The van der Waals surface area contributed by atoms with E-state index in [1.165, 1.54) is 12.5 Å². The van der Waals surface area contributed by atoms with Gasteiger partial charge in [-0.15, -0.1) is 0 Å². The van der Waals surface area contributed by atoms with Gasteiger partial charge in [-0.2, -0.15) is 0 Å². The average Bonchev–Trinajstić information content (AvgIpc) is 2.97. The number of ether oxygens (including phenoxy) is 2. The number of aromatic nitrogens is 2. The standard InChI is InChI=1S/C14H10N2O4/c1-7-5-18-13(6-17-7)14-16-10-4-11-9(3-12(10)20-14)15-8(2)19-11/h3-6H,1-2H3. The van der Waals surface area contributed by atoms with Gasteiger partial charge in [0, 0.05) is 19.1 Å². The first-order chi connectivity index (χ1) is 9.69. The summed E-state index contributed by atoms with van der Waals surface area (Å²) in [6, 6.07) is 3.59. The highest BCUT2D eigenvalue weighted by atomic mass is 16.5. The highest BCUT2D eigenvalue weighted by molar-refractivity contribution is 5.89. The number of fused-ring (bicyclic) bond motifs is 2. The van der Waals surface area contributed by atoms with Crippen LogP contribution in [0.25, 0.3) is 28.0 Å². The maximum atomic E-state index is 5.66. The monoisotopic (exact) mass is 270 g/mol. The molecule has 6 nitrogen and oxygen atoms in total. The Hall–Kier alpha value is -2.76. The fourth-order valence-corrected chi connectivity index (χ4v) is 2.02. The van der Waals surface area contributed by atoms with Crippen molar-refractivity contribution in [1.29, 1.82) is 0 Å². The van der Waals surface area contributed by atoms with Gasteiger partial charge in [-0.05, 0) is 6.92 Å². The minimum atomic E-state index is 0.355. The summed E-state index contributed by atoms with van der Waals surface area (Å²) in [6.07, 6.45) is 2.97. The summed E-state index contributed by atoms with van der Waals surface area (Å²) in [5, 5.41) is 0. The van der Waals surface area contributed by atoms with Crippen LogP contribution < -0.4 is 0 Å². The number of hydrogen-bond acceptors (Lipinski definition) is 6. The third-order valence-corrected chi connectivity index (χ3v) is 2.92. The summed E-state index contributed by atoms with van der Waals surface area (Å²) in [7, 11) is 0. The molecule has 0 saturated heterocycles. The number of nitrogens with zero attached hydrogens (tertiary/aromatic N) is 2. The molecule has 0 N–H and O–H groups in total. The van der Waals surface area contributed by atoms with Gasteiger partial charge in [0.2, 0.25) is 5.76 Å². The highest BCUT2D eigenvalue weighted by Crippen LogP contribution is 2.28. The number of aryl methyl sites for hydroxylation is 1. The van der Waals surface area contributed by atoms with E-state index in [2.05, 4.69) is 9.97 Å². The number of benzene rings is 1. The number of rotatable bonds is 1. The molecule has 0 saturated carbocycles. The van der Waals surface area contributed by atoms with Crippen LogP contribution in [0.1, 0.15) is 18.7 Å². The molecule has 0 radical (unpaired) electrons. The van der Waals surface area contributed by atoms with Crippen LogP contribution in [-0.4, -0.2) is 9.97 Å². The first kappa shape index (κ1) is 11.1. The fourth-order valence-electron chi connectivity index (χ4n) is 2.02. The summed E-state index contributed by atoms with van der Waals surface area (Å²) < 4.78 is 21.8. The van der Waals surface area contributed by atoms with Crippen molar-refractivity contribution in [2.45, 2.75) is 13.8 Å². The Morgan fingerprint density at radius 3 is 2.35 bits per heavy atom. The molecule has 0 unspecified atom stereocenters. The highest BCUT2D eigenvalue weighted by Gasteiger charge is 2.17. The van der Waals surface area contributed by atoms with E-state index < -0.39 is 0 Å². The van der Waals surface area contributed by atoms with Crippen molar-refractivity contribution in [3.8, 4) is 0 Å². The van der Waals surface area contributed by atoms with Crippen LogP contribution >= 0.6 is 0 Å². The lowest BCUT2D eigenvalue weighted by molar-refractivity contribution is 0.270.